The second-order valence-corrected chi connectivity index (χ2v) is 4.02. The molecule has 0 spiro atoms. The van der Waals surface area contributed by atoms with Crippen molar-refractivity contribution in [2.75, 3.05) is 0 Å². The maximum Gasteiger partial charge on any atom is 0.218 e. The van der Waals surface area contributed by atoms with E-state index in [9.17, 15) is 9.59 Å². The highest BCUT2D eigenvalue weighted by Crippen LogP contribution is 2.08. The van der Waals surface area contributed by atoms with Crippen LogP contribution in [0.5, 0.6) is 0 Å². The molecule has 1 rings (SSSR count). The van der Waals surface area contributed by atoms with Gasteiger partial charge in [0.15, 0.2) is 5.78 Å². The summed E-state index contributed by atoms with van der Waals surface area (Å²) in [6.07, 6.45) is 0.771. The van der Waals surface area contributed by atoms with E-state index in [4.69, 9.17) is 11.6 Å². The quantitative estimate of drug-likeness (QED) is 0.487. The maximum atomic E-state index is 11.7. The first-order chi connectivity index (χ1) is 7.59. The molecule has 0 fully saturated rings. The Kier molecular flexibility index (Phi) is 4.99. The first-order valence-corrected chi connectivity index (χ1v) is 5.52. The summed E-state index contributed by atoms with van der Waals surface area (Å²) in [7, 11) is 0. The fraction of sp³-hybridized carbons (Fsp3) is 0.333. The molecular formula is C12H14ClNO2. The van der Waals surface area contributed by atoms with Crippen molar-refractivity contribution >= 4 is 23.3 Å². The third-order valence-electron chi connectivity index (χ3n) is 2.08. The molecule has 1 unspecified atom stereocenters. The summed E-state index contributed by atoms with van der Waals surface area (Å²) in [6.45, 7) is 1.40. The van der Waals surface area contributed by atoms with E-state index in [0.29, 0.717) is 18.4 Å². The van der Waals surface area contributed by atoms with Crippen LogP contribution in [0.1, 0.15) is 30.1 Å². The molecule has 0 saturated carbocycles. The molecule has 0 aliphatic rings. The van der Waals surface area contributed by atoms with Crippen LogP contribution < -0.4 is 5.32 Å². The minimum Gasteiger partial charge on any atom is -0.340 e. The summed E-state index contributed by atoms with van der Waals surface area (Å²) in [5.74, 6) is -0.149. The van der Waals surface area contributed by atoms with Gasteiger partial charge in [0.1, 0.15) is 5.50 Å². The van der Waals surface area contributed by atoms with Crippen LogP contribution in [0, 0.1) is 0 Å². The van der Waals surface area contributed by atoms with Crippen LogP contribution in [0.3, 0.4) is 0 Å². The number of rotatable bonds is 5. The van der Waals surface area contributed by atoms with Crippen LogP contribution in [0.4, 0.5) is 0 Å². The van der Waals surface area contributed by atoms with Gasteiger partial charge in [0.25, 0.3) is 0 Å². The van der Waals surface area contributed by atoms with Gasteiger partial charge in [-0.2, -0.15) is 0 Å². The fourth-order valence-electron chi connectivity index (χ4n) is 1.32. The van der Waals surface area contributed by atoms with Gasteiger partial charge in [-0.15, -0.1) is 0 Å². The summed E-state index contributed by atoms with van der Waals surface area (Å²) >= 11 is 5.82. The van der Waals surface area contributed by atoms with E-state index in [0.717, 1.165) is 0 Å². The summed E-state index contributed by atoms with van der Waals surface area (Å²) in [6, 6.07) is 9.03. The Bertz CT molecular complexity index is 365. The lowest BCUT2D eigenvalue weighted by molar-refractivity contribution is -0.119. The van der Waals surface area contributed by atoms with Gasteiger partial charge in [0, 0.05) is 18.9 Å². The number of alkyl halides is 1. The number of Topliss-reactive ketones (excluding diaryl/α,β-unsaturated/α-hetero) is 1. The van der Waals surface area contributed by atoms with Crippen molar-refractivity contribution < 1.29 is 9.59 Å². The number of carbonyl (C=O) groups excluding carboxylic acids is 2. The van der Waals surface area contributed by atoms with Crippen LogP contribution >= 0.6 is 11.6 Å². The van der Waals surface area contributed by atoms with Crippen molar-refractivity contribution in [1.82, 2.24) is 5.32 Å². The molecule has 0 saturated heterocycles. The third-order valence-corrected chi connectivity index (χ3v) is 2.41. The second kappa shape index (κ2) is 6.28. The van der Waals surface area contributed by atoms with Gasteiger partial charge in [-0.25, -0.2) is 0 Å². The molecule has 1 aromatic rings. The number of hydrogen-bond acceptors (Lipinski definition) is 2. The molecule has 86 valence electrons. The van der Waals surface area contributed by atoms with E-state index < -0.39 is 5.50 Å². The zero-order chi connectivity index (χ0) is 12.0. The Morgan fingerprint density at radius 2 is 1.94 bits per heavy atom. The molecule has 0 bridgehead atoms. The van der Waals surface area contributed by atoms with Gasteiger partial charge in [0.05, 0.1) is 0 Å². The first-order valence-electron chi connectivity index (χ1n) is 5.09. The number of halogens is 1. The summed E-state index contributed by atoms with van der Waals surface area (Å²) in [5, 5.41) is 2.52. The molecule has 16 heavy (non-hydrogen) atoms. The van der Waals surface area contributed by atoms with E-state index in [1.165, 1.54) is 6.92 Å². The molecule has 1 N–H and O–H groups in total. The Balaban J connectivity index is 2.39. The zero-order valence-electron chi connectivity index (χ0n) is 9.07. The van der Waals surface area contributed by atoms with Gasteiger partial charge < -0.3 is 5.32 Å². The number of amides is 1. The molecule has 3 nitrogen and oxygen atoms in total. The van der Waals surface area contributed by atoms with Crippen LogP contribution in [-0.4, -0.2) is 17.2 Å². The van der Waals surface area contributed by atoms with Gasteiger partial charge in [-0.05, 0) is 6.42 Å². The van der Waals surface area contributed by atoms with Gasteiger partial charge >= 0.3 is 0 Å². The van der Waals surface area contributed by atoms with Crippen LogP contribution in [0.15, 0.2) is 30.3 Å². The van der Waals surface area contributed by atoms with Crippen molar-refractivity contribution in [2.24, 2.45) is 0 Å². The summed E-state index contributed by atoms with van der Waals surface area (Å²) in [5.41, 5.74) is 0.194. The minimum absolute atomic E-state index is 0.0385. The van der Waals surface area contributed by atoms with E-state index >= 15 is 0 Å². The number of ketones is 1. The number of benzene rings is 1. The Hall–Kier alpha value is -1.35. The lowest BCUT2D eigenvalue weighted by atomic mass is 10.1. The highest BCUT2D eigenvalue weighted by molar-refractivity contribution is 6.21. The predicted octanol–water partition coefficient (Wildman–Crippen LogP) is 2.35. The lowest BCUT2D eigenvalue weighted by Gasteiger charge is -2.09. The SMILES string of the molecule is CC(=O)NC(Cl)CCC(=O)c1ccccc1. The Morgan fingerprint density at radius 1 is 1.31 bits per heavy atom. The Labute approximate surface area is 99.8 Å². The van der Waals surface area contributed by atoms with Crippen LogP contribution in [-0.2, 0) is 4.79 Å². The fourth-order valence-corrected chi connectivity index (χ4v) is 1.58. The molecule has 1 amide bonds. The lowest BCUT2D eigenvalue weighted by Crippen LogP contribution is -2.28. The molecule has 0 aliphatic heterocycles. The highest BCUT2D eigenvalue weighted by atomic mass is 35.5. The van der Waals surface area contributed by atoms with Gasteiger partial charge in [0.2, 0.25) is 5.91 Å². The van der Waals surface area contributed by atoms with Crippen molar-refractivity contribution in [2.45, 2.75) is 25.3 Å². The number of nitrogens with one attached hydrogen (secondary N) is 1. The van der Waals surface area contributed by atoms with Crippen molar-refractivity contribution in [3.8, 4) is 0 Å². The molecule has 1 atom stereocenters. The molecule has 0 aromatic heterocycles. The Morgan fingerprint density at radius 3 is 2.50 bits per heavy atom. The van der Waals surface area contributed by atoms with Crippen LogP contribution in [0.2, 0.25) is 0 Å². The molecule has 0 heterocycles. The van der Waals surface area contributed by atoms with E-state index in [1.807, 2.05) is 18.2 Å². The minimum atomic E-state index is -0.481. The van der Waals surface area contributed by atoms with Crippen LogP contribution in [0.25, 0.3) is 0 Å². The van der Waals surface area contributed by atoms with Gasteiger partial charge in [-0.3, -0.25) is 9.59 Å². The smallest absolute Gasteiger partial charge is 0.218 e. The standard InChI is InChI=1S/C12H14ClNO2/c1-9(15)14-12(13)8-7-11(16)10-5-3-2-4-6-10/h2-6,12H,7-8H2,1H3,(H,14,15). The number of hydrogen-bond donors (Lipinski definition) is 1. The van der Waals surface area contributed by atoms with Gasteiger partial charge in [-0.1, -0.05) is 41.9 Å². The van der Waals surface area contributed by atoms with Crippen molar-refractivity contribution in [3.63, 3.8) is 0 Å². The molecule has 0 aliphatic carbocycles. The molecule has 4 heteroatoms. The predicted molar refractivity (Wildman–Crippen MR) is 63.5 cm³/mol. The largest absolute Gasteiger partial charge is 0.340 e. The summed E-state index contributed by atoms with van der Waals surface area (Å²) in [4.78, 5) is 22.4. The molecular weight excluding hydrogens is 226 g/mol. The normalized spacial score (nSPS) is 11.9. The second-order valence-electron chi connectivity index (χ2n) is 3.50. The van der Waals surface area contributed by atoms with Crippen molar-refractivity contribution in [1.29, 1.82) is 0 Å². The third kappa shape index (κ3) is 4.45. The average Bonchev–Trinajstić information content (AvgIpc) is 2.26. The first kappa shape index (κ1) is 12.7. The monoisotopic (exact) mass is 239 g/mol. The average molecular weight is 240 g/mol. The highest BCUT2D eigenvalue weighted by Gasteiger charge is 2.10. The van der Waals surface area contributed by atoms with E-state index in [-0.39, 0.29) is 11.7 Å². The van der Waals surface area contributed by atoms with E-state index in [1.54, 1.807) is 12.1 Å². The number of carbonyl (C=O) groups is 2. The topological polar surface area (TPSA) is 46.2 Å². The molecule has 0 radical (unpaired) electrons. The van der Waals surface area contributed by atoms with E-state index in [2.05, 4.69) is 5.32 Å². The zero-order valence-corrected chi connectivity index (χ0v) is 9.83. The van der Waals surface area contributed by atoms with Crippen molar-refractivity contribution in [3.05, 3.63) is 35.9 Å². The maximum absolute atomic E-state index is 11.7. The summed E-state index contributed by atoms with van der Waals surface area (Å²) < 4.78 is 0. The molecule has 1 aromatic carbocycles.